The summed E-state index contributed by atoms with van der Waals surface area (Å²) in [5.74, 6) is 0.557. The highest BCUT2D eigenvalue weighted by molar-refractivity contribution is 6.30. The number of para-hydroxylation sites is 1. The first-order valence-electron chi connectivity index (χ1n) is 8.91. The van der Waals surface area contributed by atoms with E-state index >= 15 is 0 Å². The second-order valence-corrected chi connectivity index (χ2v) is 6.23. The Morgan fingerprint density at radius 2 is 1.90 bits per heavy atom. The Morgan fingerprint density at radius 1 is 1.13 bits per heavy atom. The van der Waals surface area contributed by atoms with E-state index in [4.69, 9.17) is 25.8 Å². The van der Waals surface area contributed by atoms with E-state index in [-0.39, 0.29) is 19.8 Å². The Bertz CT molecular complexity index is 900. The van der Waals surface area contributed by atoms with E-state index in [2.05, 4.69) is 22.4 Å². The zero-order valence-corrected chi connectivity index (χ0v) is 17.1. The molecule has 0 spiro atoms. The maximum atomic E-state index is 11.9. The predicted octanol–water partition coefficient (Wildman–Crippen LogP) is 2.56. The Labute approximate surface area is 179 Å². The van der Waals surface area contributed by atoms with Gasteiger partial charge in [-0.3, -0.25) is 9.59 Å². The number of halogens is 1. The minimum Gasteiger partial charge on any atom is -0.493 e. The molecule has 158 valence electrons. The topological polar surface area (TPSA) is 98.2 Å². The van der Waals surface area contributed by atoms with E-state index in [1.165, 1.54) is 13.3 Å². The molecule has 0 heterocycles. The molecule has 0 atom stereocenters. The molecule has 0 aliphatic rings. The summed E-state index contributed by atoms with van der Waals surface area (Å²) in [6.07, 6.45) is 3.03. The third-order valence-electron chi connectivity index (χ3n) is 3.60. The molecule has 0 aromatic heterocycles. The van der Waals surface area contributed by atoms with E-state index in [0.29, 0.717) is 27.8 Å². The molecule has 0 radical (unpaired) electrons. The molecule has 0 bridgehead atoms. The smallest absolute Gasteiger partial charge is 0.259 e. The van der Waals surface area contributed by atoms with Gasteiger partial charge in [0.1, 0.15) is 12.4 Å². The van der Waals surface area contributed by atoms with Crippen molar-refractivity contribution in [3.05, 3.63) is 65.7 Å². The van der Waals surface area contributed by atoms with Gasteiger partial charge in [0.25, 0.3) is 11.8 Å². The first-order valence-corrected chi connectivity index (χ1v) is 9.29. The average molecular weight is 432 g/mol. The van der Waals surface area contributed by atoms with Crippen LogP contribution in [0.1, 0.15) is 5.56 Å². The van der Waals surface area contributed by atoms with Gasteiger partial charge in [0, 0.05) is 10.6 Å². The maximum absolute atomic E-state index is 11.9. The number of hydrogen-bond acceptors (Lipinski definition) is 6. The highest BCUT2D eigenvalue weighted by atomic mass is 35.5. The number of rotatable bonds is 11. The minimum absolute atomic E-state index is 0.230. The van der Waals surface area contributed by atoms with Crippen molar-refractivity contribution in [2.75, 3.05) is 26.9 Å². The van der Waals surface area contributed by atoms with Gasteiger partial charge in [0.15, 0.2) is 18.1 Å². The number of ether oxygens (including phenoxy) is 3. The molecule has 0 aliphatic carbocycles. The van der Waals surface area contributed by atoms with Crippen LogP contribution in [-0.2, 0) is 9.59 Å². The second-order valence-electron chi connectivity index (χ2n) is 5.79. The zero-order valence-electron chi connectivity index (χ0n) is 16.4. The van der Waals surface area contributed by atoms with Crippen LogP contribution in [0.15, 0.2) is 60.2 Å². The molecular formula is C21H22ClN3O5. The van der Waals surface area contributed by atoms with Gasteiger partial charge in [0.05, 0.1) is 19.9 Å². The lowest BCUT2D eigenvalue weighted by Crippen LogP contribution is -2.37. The van der Waals surface area contributed by atoms with Crippen molar-refractivity contribution in [2.24, 2.45) is 5.10 Å². The van der Waals surface area contributed by atoms with Gasteiger partial charge in [-0.25, -0.2) is 5.43 Å². The molecule has 30 heavy (non-hydrogen) atoms. The molecule has 0 saturated carbocycles. The first-order chi connectivity index (χ1) is 14.5. The van der Waals surface area contributed by atoms with Gasteiger partial charge < -0.3 is 19.5 Å². The number of hydrogen-bond donors (Lipinski definition) is 2. The number of methoxy groups -OCH3 is 1. The van der Waals surface area contributed by atoms with Crippen LogP contribution in [-0.4, -0.2) is 44.9 Å². The van der Waals surface area contributed by atoms with E-state index in [0.717, 1.165) is 0 Å². The fourth-order valence-corrected chi connectivity index (χ4v) is 2.34. The van der Waals surface area contributed by atoms with Crippen LogP contribution in [0.2, 0.25) is 5.02 Å². The number of amides is 2. The maximum Gasteiger partial charge on any atom is 0.259 e. The SMILES string of the molecule is C=CCOc1c(C=NNC(=O)CNC(=O)COc2ccc(Cl)cc2)cccc1OC. The van der Waals surface area contributed by atoms with Gasteiger partial charge in [0.2, 0.25) is 0 Å². The van der Waals surface area contributed by atoms with Crippen LogP contribution in [0.4, 0.5) is 0 Å². The Hall–Kier alpha value is -3.52. The first kappa shape index (κ1) is 22.8. The molecule has 0 unspecified atom stereocenters. The van der Waals surface area contributed by atoms with Gasteiger partial charge in [-0.1, -0.05) is 30.3 Å². The molecule has 0 aliphatic heterocycles. The van der Waals surface area contributed by atoms with Crippen LogP contribution in [0.3, 0.4) is 0 Å². The highest BCUT2D eigenvalue weighted by Gasteiger charge is 2.09. The third kappa shape index (κ3) is 7.48. The number of carbonyl (C=O) groups excluding carboxylic acids is 2. The summed E-state index contributed by atoms with van der Waals surface area (Å²) < 4.78 is 16.1. The van der Waals surface area contributed by atoms with E-state index in [9.17, 15) is 9.59 Å². The van der Waals surface area contributed by atoms with E-state index in [1.807, 2.05) is 0 Å². The van der Waals surface area contributed by atoms with Gasteiger partial charge in [-0.2, -0.15) is 5.10 Å². The molecule has 9 heteroatoms. The molecule has 2 rings (SSSR count). The number of benzene rings is 2. The van der Waals surface area contributed by atoms with Crippen molar-refractivity contribution >= 4 is 29.6 Å². The molecule has 2 N–H and O–H groups in total. The standard InChI is InChI=1S/C21H22ClN3O5/c1-3-11-29-21-15(5-4-6-18(21)28-2)12-24-25-19(26)13-23-20(27)14-30-17-9-7-16(22)8-10-17/h3-10,12H,1,11,13-14H2,2H3,(H,23,27)(H,25,26). The Balaban J connectivity index is 1.80. The van der Waals surface area contributed by atoms with Crippen LogP contribution in [0, 0.1) is 0 Å². The molecular weight excluding hydrogens is 410 g/mol. The number of nitrogens with one attached hydrogen (secondary N) is 2. The summed E-state index contributed by atoms with van der Waals surface area (Å²) in [5.41, 5.74) is 2.94. The quantitative estimate of drug-likeness (QED) is 0.323. The summed E-state index contributed by atoms with van der Waals surface area (Å²) in [7, 11) is 1.53. The molecule has 8 nitrogen and oxygen atoms in total. The largest absolute Gasteiger partial charge is 0.493 e. The third-order valence-corrected chi connectivity index (χ3v) is 3.85. The van der Waals surface area contributed by atoms with Crippen molar-refractivity contribution in [1.29, 1.82) is 0 Å². The Kier molecular flexibility index (Phi) is 9.20. The lowest BCUT2D eigenvalue weighted by atomic mass is 10.2. The monoisotopic (exact) mass is 431 g/mol. The van der Waals surface area contributed by atoms with Crippen molar-refractivity contribution in [1.82, 2.24) is 10.7 Å². The van der Waals surface area contributed by atoms with Crippen molar-refractivity contribution in [3.63, 3.8) is 0 Å². The lowest BCUT2D eigenvalue weighted by Gasteiger charge is -2.11. The van der Waals surface area contributed by atoms with E-state index in [1.54, 1.807) is 48.5 Å². The Morgan fingerprint density at radius 3 is 2.60 bits per heavy atom. The summed E-state index contributed by atoms with van der Waals surface area (Å²) in [6, 6.07) is 11.9. The summed E-state index contributed by atoms with van der Waals surface area (Å²) in [5, 5.41) is 6.89. The number of nitrogens with zero attached hydrogens (tertiary/aromatic N) is 1. The molecule has 2 amide bonds. The highest BCUT2D eigenvalue weighted by Crippen LogP contribution is 2.30. The van der Waals surface area contributed by atoms with E-state index < -0.39 is 11.8 Å². The number of carbonyl (C=O) groups is 2. The molecule has 0 fully saturated rings. The van der Waals surface area contributed by atoms with Gasteiger partial charge in [-0.05, 0) is 36.4 Å². The fraction of sp³-hybridized carbons (Fsp3) is 0.190. The van der Waals surface area contributed by atoms with Crippen LogP contribution >= 0.6 is 11.6 Å². The molecule has 2 aromatic carbocycles. The second kappa shape index (κ2) is 12.1. The van der Waals surface area contributed by atoms with Crippen molar-refractivity contribution in [2.45, 2.75) is 0 Å². The van der Waals surface area contributed by atoms with Crippen LogP contribution < -0.4 is 25.0 Å². The summed E-state index contributed by atoms with van der Waals surface area (Å²) >= 11 is 5.78. The van der Waals surface area contributed by atoms with Gasteiger partial charge in [-0.15, -0.1) is 0 Å². The number of hydrazone groups is 1. The predicted molar refractivity (Wildman–Crippen MR) is 114 cm³/mol. The van der Waals surface area contributed by atoms with Crippen LogP contribution in [0.5, 0.6) is 17.2 Å². The summed E-state index contributed by atoms with van der Waals surface area (Å²) in [4.78, 5) is 23.6. The van der Waals surface area contributed by atoms with Crippen LogP contribution in [0.25, 0.3) is 0 Å². The van der Waals surface area contributed by atoms with Crippen molar-refractivity contribution in [3.8, 4) is 17.2 Å². The summed E-state index contributed by atoms with van der Waals surface area (Å²) in [6.45, 7) is 3.42. The minimum atomic E-state index is -0.498. The molecule has 0 saturated heterocycles. The normalized spacial score (nSPS) is 10.3. The zero-order chi connectivity index (χ0) is 21.8. The average Bonchev–Trinajstić information content (AvgIpc) is 2.76. The van der Waals surface area contributed by atoms with Crippen molar-refractivity contribution < 1.29 is 23.8 Å². The lowest BCUT2D eigenvalue weighted by molar-refractivity contribution is -0.127. The molecule has 2 aromatic rings. The fourth-order valence-electron chi connectivity index (χ4n) is 2.21. The van der Waals surface area contributed by atoms with Gasteiger partial charge >= 0.3 is 0 Å².